The molecule has 1 fully saturated rings. The number of nitrogens with zero attached hydrogens (tertiary/aromatic N) is 1. The van der Waals surface area contributed by atoms with Crippen molar-refractivity contribution in [2.24, 2.45) is 5.73 Å². The van der Waals surface area contributed by atoms with Crippen LogP contribution in [0.3, 0.4) is 0 Å². The number of piperidine rings is 1. The summed E-state index contributed by atoms with van der Waals surface area (Å²) in [5.74, 6) is -0.0512. The molecule has 3 amide bonds. The van der Waals surface area contributed by atoms with Gasteiger partial charge in [0.15, 0.2) is 0 Å². The third-order valence-electron chi connectivity index (χ3n) is 8.09. The van der Waals surface area contributed by atoms with Crippen molar-refractivity contribution in [3.05, 3.63) is 102 Å². The van der Waals surface area contributed by atoms with Gasteiger partial charge >= 0.3 is 6.03 Å². The lowest BCUT2D eigenvalue weighted by atomic mass is 9.89. The van der Waals surface area contributed by atoms with Crippen LogP contribution in [0.5, 0.6) is 0 Å². The number of aromatic amines is 1. The van der Waals surface area contributed by atoms with Gasteiger partial charge in [0.1, 0.15) is 6.04 Å². The highest BCUT2D eigenvalue weighted by atomic mass is 16.2. The van der Waals surface area contributed by atoms with Crippen LogP contribution in [-0.2, 0) is 11.2 Å². The number of para-hydroxylation sites is 1. The number of nitrogens with one attached hydrogen (secondary N) is 3. The number of fused-ring (bicyclic) bond motifs is 1. The van der Waals surface area contributed by atoms with E-state index < -0.39 is 6.04 Å². The summed E-state index contributed by atoms with van der Waals surface area (Å²) in [7, 11) is 0. The molecule has 7 heteroatoms. The molecule has 1 aromatic heterocycles. The molecule has 5 rings (SSSR count). The van der Waals surface area contributed by atoms with E-state index in [0.717, 1.165) is 47.7 Å². The summed E-state index contributed by atoms with van der Waals surface area (Å²) in [6, 6.07) is 25.4. The van der Waals surface area contributed by atoms with Crippen LogP contribution in [0.15, 0.2) is 85.1 Å². The minimum absolute atomic E-state index is 0.199. The molecule has 1 aliphatic rings. The largest absolute Gasteiger partial charge is 0.361 e. The van der Waals surface area contributed by atoms with Gasteiger partial charge in [-0.2, -0.15) is 0 Å². The monoisotopic (exact) mass is 537 g/mol. The fraction of sp³-hybridized carbons (Fsp3) is 0.333. The van der Waals surface area contributed by atoms with Gasteiger partial charge in [0.2, 0.25) is 5.91 Å². The molecule has 7 nitrogen and oxygen atoms in total. The number of benzene rings is 3. The minimum atomic E-state index is -0.758. The molecular weight excluding hydrogens is 498 g/mol. The number of aromatic nitrogens is 1. The summed E-state index contributed by atoms with van der Waals surface area (Å²) in [5.41, 5.74) is 10.8. The third-order valence-corrected chi connectivity index (χ3v) is 8.09. The Morgan fingerprint density at radius 2 is 1.75 bits per heavy atom. The smallest absolute Gasteiger partial charge is 0.318 e. The highest BCUT2D eigenvalue weighted by molar-refractivity contribution is 5.98. The topological polar surface area (TPSA) is 103 Å². The summed E-state index contributed by atoms with van der Waals surface area (Å²) in [5, 5.41) is 7.23. The second-order valence-corrected chi connectivity index (χ2v) is 10.8. The van der Waals surface area contributed by atoms with Crippen LogP contribution in [0, 0.1) is 0 Å². The zero-order valence-corrected chi connectivity index (χ0v) is 23.1. The zero-order chi connectivity index (χ0) is 27.9. The van der Waals surface area contributed by atoms with Gasteiger partial charge in [-0.05, 0) is 73.0 Å². The predicted octanol–water partition coefficient (Wildman–Crippen LogP) is 5.76. The summed E-state index contributed by atoms with van der Waals surface area (Å²) in [4.78, 5) is 32.5. The number of rotatable bonds is 9. The first-order valence-corrected chi connectivity index (χ1v) is 14.3. The molecule has 4 aromatic rings. The summed E-state index contributed by atoms with van der Waals surface area (Å²) in [6.07, 6.45) is 5.49. The maximum atomic E-state index is 13.8. The molecule has 40 heavy (non-hydrogen) atoms. The Hall–Kier alpha value is -4.10. The molecule has 0 saturated carbocycles. The normalized spacial score (nSPS) is 15.5. The van der Waals surface area contributed by atoms with Crippen LogP contribution >= 0.6 is 0 Å². The van der Waals surface area contributed by atoms with Crippen molar-refractivity contribution < 1.29 is 9.59 Å². The van der Waals surface area contributed by atoms with Gasteiger partial charge in [-0.15, -0.1) is 0 Å². The Morgan fingerprint density at radius 3 is 2.52 bits per heavy atom. The Balaban J connectivity index is 1.33. The number of likely N-dealkylation sites (tertiary alicyclic amines) is 1. The summed E-state index contributed by atoms with van der Waals surface area (Å²) < 4.78 is 0. The van der Waals surface area contributed by atoms with Gasteiger partial charge in [0.05, 0.1) is 0 Å². The quantitative estimate of drug-likeness (QED) is 0.218. The van der Waals surface area contributed by atoms with E-state index in [-0.39, 0.29) is 17.9 Å². The van der Waals surface area contributed by atoms with Crippen molar-refractivity contribution in [3.8, 4) is 0 Å². The van der Waals surface area contributed by atoms with Gasteiger partial charge in [-0.3, -0.25) is 4.79 Å². The Bertz CT molecular complexity index is 1430. The molecule has 0 unspecified atom stereocenters. The second kappa shape index (κ2) is 12.8. The van der Waals surface area contributed by atoms with Crippen LogP contribution in [0.4, 0.5) is 10.5 Å². The molecule has 2 heterocycles. The SMILES string of the molecule is C[C@H](c1c[nH]c2ccccc12)[C@@H](NC(=O)N1CCC(c2ccccc2)CC1)C(=O)Nc1cccc(CCCN)c1. The van der Waals surface area contributed by atoms with Crippen molar-refractivity contribution in [1.29, 1.82) is 0 Å². The number of amides is 3. The number of hydrogen-bond donors (Lipinski definition) is 4. The fourth-order valence-corrected chi connectivity index (χ4v) is 5.76. The molecule has 1 saturated heterocycles. The molecule has 0 bridgehead atoms. The number of aryl methyl sites for hydroxylation is 1. The molecule has 3 aromatic carbocycles. The fourth-order valence-electron chi connectivity index (χ4n) is 5.76. The van der Waals surface area contributed by atoms with Crippen LogP contribution in [-0.4, -0.2) is 47.5 Å². The van der Waals surface area contributed by atoms with Gasteiger partial charge in [0, 0.05) is 41.8 Å². The molecule has 5 N–H and O–H groups in total. The average Bonchev–Trinajstić information content (AvgIpc) is 3.43. The Labute approximate surface area is 236 Å². The molecule has 1 aliphatic heterocycles. The lowest BCUT2D eigenvalue weighted by molar-refractivity contribution is -0.118. The number of anilines is 1. The van der Waals surface area contributed by atoms with Gasteiger partial charge < -0.3 is 26.3 Å². The van der Waals surface area contributed by atoms with Crippen LogP contribution in [0.1, 0.15) is 54.7 Å². The van der Waals surface area contributed by atoms with E-state index in [1.165, 1.54) is 5.56 Å². The standard InChI is InChI=1S/C33H39N5O2/c1-23(29-22-35-30-15-6-5-14-28(29)30)31(32(39)36-27-13-7-9-24(21-27)10-8-18-34)37-33(40)38-19-16-26(17-20-38)25-11-3-2-4-12-25/h2-7,9,11-15,21-23,26,31,35H,8,10,16-20,34H2,1H3,(H,36,39)(H,37,40)/t23-,31-/m1/s1. The van der Waals surface area contributed by atoms with Crippen molar-refractivity contribution in [1.82, 2.24) is 15.2 Å². The second-order valence-electron chi connectivity index (χ2n) is 10.8. The maximum Gasteiger partial charge on any atom is 0.318 e. The van der Waals surface area contributed by atoms with Gasteiger partial charge in [-0.25, -0.2) is 4.79 Å². The van der Waals surface area contributed by atoms with Crippen LogP contribution in [0.2, 0.25) is 0 Å². The number of H-pyrrole nitrogens is 1. The highest BCUT2D eigenvalue weighted by Gasteiger charge is 2.32. The zero-order valence-electron chi connectivity index (χ0n) is 23.1. The number of hydrogen-bond acceptors (Lipinski definition) is 3. The first kappa shape index (κ1) is 27.5. The maximum absolute atomic E-state index is 13.8. The number of carbonyl (C=O) groups is 2. The van der Waals surface area contributed by atoms with E-state index in [4.69, 9.17) is 5.73 Å². The van der Waals surface area contributed by atoms with Crippen LogP contribution < -0.4 is 16.4 Å². The van der Waals surface area contributed by atoms with Crippen molar-refractivity contribution in [2.45, 2.75) is 50.5 Å². The van der Waals surface area contributed by atoms with E-state index in [0.29, 0.717) is 31.2 Å². The predicted molar refractivity (Wildman–Crippen MR) is 161 cm³/mol. The van der Waals surface area contributed by atoms with Gasteiger partial charge in [0.25, 0.3) is 0 Å². The van der Waals surface area contributed by atoms with Gasteiger partial charge in [-0.1, -0.05) is 67.6 Å². The summed E-state index contributed by atoms with van der Waals surface area (Å²) in [6.45, 7) is 3.93. The van der Waals surface area contributed by atoms with E-state index in [9.17, 15) is 9.59 Å². The minimum Gasteiger partial charge on any atom is -0.361 e. The van der Waals surface area contributed by atoms with Crippen LogP contribution in [0.25, 0.3) is 10.9 Å². The third kappa shape index (κ3) is 6.37. The van der Waals surface area contributed by atoms with E-state index in [1.54, 1.807) is 0 Å². The molecule has 0 spiro atoms. The van der Waals surface area contributed by atoms with E-state index in [2.05, 4.69) is 39.9 Å². The molecule has 208 valence electrons. The van der Waals surface area contributed by atoms with E-state index in [1.807, 2.05) is 72.6 Å². The van der Waals surface area contributed by atoms with Crippen molar-refractivity contribution >= 4 is 28.5 Å². The lowest BCUT2D eigenvalue weighted by Gasteiger charge is -2.34. The number of carbonyl (C=O) groups excluding carboxylic acids is 2. The Kier molecular flexibility index (Phi) is 8.81. The molecule has 0 radical (unpaired) electrons. The van der Waals surface area contributed by atoms with Crippen molar-refractivity contribution in [3.63, 3.8) is 0 Å². The summed E-state index contributed by atoms with van der Waals surface area (Å²) >= 11 is 0. The molecule has 0 aliphatic carbocycles. The van der Waals surface area contributed by atoms with Crippen molar-refractivity contribution in [2.75, 3.05) is 25.0 Å². The number of urea groups is 1. The number of nitrogens with two attached hydrogens (primary N) is 1. The lowest BCUT2D eigenvalue weighted by Crippen LogP contribution is -2.53. The highest BCUT2D eigenvalue weighted by Crippen LogP contribution is 2.30. The first-order chi connectivity index (χ1) is 19.5. The molecule has 2 atom stereocenters. The molecular formula is C33H39N5O2. The van der Waals surface area contributed by atoms with E-state index >= 15 is 0 Å². The first-order valence-electron chi connectivity index (χ1n) is 14.3. The Morgan fingerprint density at radius 1 is 1.00 bits per heavy atom. The average molecular weight is 538 g/mol.